The maximum absolute atomic E-state index is 11.9. The SMILES string of the molecule is C[C@H](CNC(=O)Cc1ccc(OC(F)F)cc1)C(=O)O. The lowest BCUT2D eigenvalue weighted by Crippen LogP contribution is -2.32. The first-order valence-electron chi connectivity index (χ1n) is 5.91. The van der Waals surface area contributed by atoms with Crippen molar-refractivity contribution in [1.29, 1.82) is 0 Å². The van der Waals surface area contributed by atoms with Crippen molar-refractivity contribution in [1.82, 2.24) is 5.32 Å². The van der Waals surface area contributed by atoms with E-state index in [1.807, 2.05) is 0 Å². The number of alkyl halides is 2. The van der Waals surface area contributed by atoms with Crippen LogP contribution in [0.15, 0.2) is 24.3 Å². The van der Waals surface area contributed by atoms with Gasteiger partial charge in [0.05, 0.1) is 12.3 Å². The van der Waals surface area contributed by atoms with Crippen LogP contribution in [0.3, 0.4) is 0 Å². The first-order valence-corrected chi connectivity index (χ1v) is 5.91. The number of aliphatic carboxylic acids is 1. The Labute approximate surface area is 114 Å². The molecule has 0 saturated carbocycles. The second-order valence-electron chi connectivity index (χ2n) is 4.24. The molecule has 0 bridgehead atoms. The largest absolute Gasteiger partial charge is 0.481 e. The van der Waals surface area contributed by atoms with Crippen LogP contribution in [0.2, 0.25) is 0 Å². The molecule has 0 aliphatic rings. The van der Waals surface area contributed by atoms with E-state index in [-0.39, 0.29) is 24.6 Å². The van der Waals surface area contributed by atoms with E-state index in [4.69, 9.17) is 5.11 Å². The summed E-state index contributed by atoms with van der Waals surface area (Å²) in [6, 6.07) is 5.68. The van der Waals surface area contributed by atoms with Gasteiger partial charge in [0.2, 0.25) is 5.91 Å². The summed E-state index contributed by atoms with van der Waals surface area (Å²) >= 11 is 0. The third kappa shape index (κ3) is 5.64. The fraction of sp³-hybridized carbons (Fsp3) is 0.385. The molecular formula is C13H15F2NO4. The number of ether oxygens (including phenoxy) is 1. The molecule has 0 saturated heterocycles. The summed E-state index contributed by atoms with van der Waals surface area (Å²) < 4.78 is 28.1. The molecule has 1 amide bonds. The number of carbonyl (C=O) groups is 2. The van der Waals surface area contributed by atoms with Gasteiger partial charge in [0.1, 0.15) is 5.75 Å². The standard InChI is InChI=1S/C13H15F2NO4/c1-8(12(18)19)7-16-11(17)6-9-2-4-10(5-3-9)20-13(14)15/h2-5,8,13H,6-7H2,1H3,(H,16,17)(H,18,19)/t8-/m1/s1. The summed E-state index contributed by atoms with van der Waals surface area (Å²) in [5.41, 5.74) is 0.618. The number of carboxylic acids is 1. The van der Waals surface area contributed by atoms with Crippen molar-refractivity contribution in [3.8, 4) is 5.75 Å². The smallest absolute Gasteiger partial charge is 0.387 e. The Bertz CT molecular complexity index is 462. The third-order valence-corrected chi connectivity index (χ3v) is 2.54. The van der Waals surface area contributed by atoms with Crippen LogP contribution in [0.5, 0.6) is 5.75 Å². The molecule has 0 aromatic heterocycles. The average molecular weight is 287 g/mol. The molecule has 2 N–H and O–H groups in total. The Balaban J connectivity index is 2.44. The number of carbonyl (C=O) groups excluding carboxylic acids is 1. The molecule has 1 aromatic carbocycles. The van der Waals surface area contributed by atoms with Gasteiger partial charge in [-0.2, -0.15) is 8.78 Å². The maximum Gasteiger partial charge on any atom is 0.387 e. The van der Waals surface area contributed by atoms with Gasteiger partial charge in [0.25, 0.3) is 0 Å². The fourth-order valence-electron chi connectivity index (χ4n) is 1.39. The first-order chi connectivity index (χ1) is 9.38. The molecule has 0 radical (unpaired) electrons. The zero-order valence-corrected chi connectivity index (χ0v) is 10.8. The van der Waals surface area contributed by atoms with E-state index in [1.165, 1.54) is 31.2 Å². The molecule has 5 nitrogen and oxygen atoms in total. The molecule has 1 aromatic rings. The predicted octanol–water partition coefficient (Wildman–Crippen LogP) is 1.67. The summed E-state index contributed by atoms with van der Waals surface area (Å²) in [5.74, 6) is -1.97. The average Bonchev–Trinajstić information content (AvgIpc) is 2.37. The van der Waals surface area contributed by atoms with E-state index in [1.54, 1.807) is 0 Å². The highest BCUT2D eigenvalue weighted by Gasteiger charge is 2.12. The minimum Gasteiger partial charge on any atom is -0.481 e. The summed E-state index contributed by atoms with van der Waals surface area (Å²) in [4.78, 5) is 22.1. The van der Waals surface area contributed by atoms with Crippen molar-refractivity contribution in [3.63, 3.8) is 0 Å². The van der Waals surface area contributed by atoms with Crippen LogP contribution in [0.1, 0.15) is 12.5 Å². The number of amides is 1. The number of benzene rings is 1. The number of nitrogens with one attached hydrogen (secondary N) is 1. The normalized spacial score (nSPS) is 12.0. The van der Waals surface area contributed by atoms with Crippen molar-refractivity contribution in [2.24, 2.45) is 5.92 Å². The molecule has 0 spiro atoms. The maximum atomic E-state index is 11.9. The van der Waals surface area contributed by atoms with E-state index >= 15 is 0 Å². The Kier molecular flexibility index (Phi) is 5.89. The van der Waals surface area contributed by atoms with Crippen LogP contribution >= 0.6 is 0 Å². The predicted molar refractivity (Wildman–Crippen MR) is 66.6 cm³/mol. The van der Waals surface area contributed by atoms with Crippen LogP contribution in [-0.4, -0.2) is 30.1 Å². The highest BCUT2D eigenvalue weighted by Crippen LogP contribution is 2.15. The van der Waals surface area contributed by atoms with Gasteiger partial charge < -0.3 is 15.2 Å². The number of halogens is 2. The number of carboxylic acid groups (broad SMARTS) is 1. The van der Waals surface area contributed by atoms with Gasteiger partial charge in [0.15, 0.2) is 0 Å². The van der Waals surface area contributed by atoms with E-state index in [2.05, 4.69) is 10.1 Å². The van der Waals surface area contributed by atoms with Crippen molar-refractivity contribution < 1.29 is 28.2 Å². The zero-order chi connectivity index (χ0) is 15.1. The topological polar surface area (TPSA) is 75.6 Å². The molecule has 0 aliphatic carbocycles. The van der Waals surface area contributed by atoms with Crippen molar-refractivity contribution in [3.05, 3.63) is 29.8 Å². The molecular weight excluding hydrogens is 272 g/mol. The van der Waals surface area contributed by atoms with Gasteiger partial charge in [-0.05, 0) is 17.7 Å². The van der Waals surface area contributed by atoms with Crippen LogP contribution in [-0.2, 0) is 16.0 Å². The Morgan fingerprint density at radius 2 is 1.90 bits per heavy atom. The number of hydrogen-bond donors (Lipinski definition) is 2. The van der Waals surface area contributed by atoms with Crippen molar-refractivity contribution >= 4 is 11.9 Å². The van der Waals surface area contributed by atoms with Gasteiger partial charge in [-0.25, -0.2) is 0 Å². The molecule has 0 heterocycles. The van der Waals surface area contributed by atoms with Crippen LogP contribution in [0, 0.1) is 5.92 Å². The van der Waals surface area contributed by atoms with E-state index in [0.29, 0.717) is 5.56 Å². The molecule has 7 heteroatoms. The third-order valence-electron chi connectivity index (χ3n) is 2.54. The molecule has 0 fully saturated rings. The molecule has 0 aliphatic heterocycles. The zero-order valence-electron chi connectivity index (χ0n) is 10.8. The lowest BCUT2D eigenvalue weighted by atomic mass is 10.1. The lowest BCUT2D eigenvalue weighted by Gasteiger charge is -2.09. The summed E-state index contributed by atoms with van der Waals surface area (Å²) in [6.07, 6.45) is 0.0430. The van der Waals surface area contributed by atoms with Gasteiger partial charge in [-0.15, -0.1) is 0 Å². The summed E-state index contributed by atoms with van der Waals surface area (Å²) in [6.45, 7) is -1.36. The molecule has 1 rings (SSSR count). The molecule has 0 unspecified atom stereocenters. The van der Waals surface area contributed by atoms with E-state index in [9.17, 15) is 18.4 Å². The highest BCUT2D eigenvalue weighted by atomic mass is 19.3. The number of hydrogen-bond acceptors (Lipinski definition) is 3. The fourth-order valence-corrected chi connectivity index (χ4v) is 1.39. The first kappa shape index (κ1) is 15.9. The van der Waals surface area contributed by atoms with Crippen LogP contribution in [0.25, 0.3) is 0 Å². The Morgan fingerprint density at radius 3 is 2.40 bits per heavy atom. The van der Waals surface area contributed by atoms with E-state index in [0.717, 1.165) is 0 Å². The second kappa shape index (κ2) is 7.42. The van der Waals surface area contributed by atoms with Crippen molar-refractivity contribution in [2.45, 2.75) is 20.0 Å². The Hall–Kier alpha value is -2.18. The Morgan fingerprint density at radius 1 is 1.30 bits per heavy atom. The summed E-state index contributed by atoms with van der Waals surface area (Å²) in [7, 11) is 0. The van der Waals surface area contributed by atoms with Gasteiger partial charge in [0, 0.05) is 6.54 Å². The summed E-state index contributed by atoms with van der Waals surface area (Å²) in [5, 5.41) is 11.1. The monoisotopic (exact) mass is 287 g/mol. The highest BCUT2D eigenvalue weighted by molar-refractivity contribution is 5.79. The molecule has 20 heavy (non-hydrogen) atoms. The van der Waals surface area contributed by atoms with Crippen molar-refractivity contribution in [2.75, 3.05) is 6.54 Å². The van der Waals surface area contributed by atoms with Gasteiger partial charge >= 0.3 is 12.6 Å². The van der Waals surface area contributed by atoms with E-state index < -0.39 is 18.5 Å². The minimum absolute atomic E-state index is 0.0173. The second-order valence-corrected chi connectivity index (χ2v) is 4.24. The van der Waals surface area contributed by atoms with Crippen LogP contribution < -0.4 is 10.1 Å². The minimum atomic E-state index is -2.89. The molecule has 110 valence electrons. The number of rotatable bonds is 7. The van der Waals surface area contributed by atoms with Gasteiger partial charge in [-0.3, -0.25) is 9.59 Å². The lowest BCUT2D eigenvalue weighted by molar-refractivity contribution is -0.141. The van der Waals surface area contributed by atoms with Crippen LogP contribution in [0.4, 0.5) is 8.78 Å². The molecule has 1 atom stereocenters. The quantitative estimate of drug-likeness (QED) is 0.800. The van der Waals surface area contributed by atoms with Gasteiger partial charge in [-0.1, -0.05) is 19.1 Å².